The first-order valence-electron chi connectivity index (χ1n) is 7.69. The third kappa shape index (κ3) is 3.95. The molecule has 1 aliphatic carbocycles. The summed E-state index contributed by atoms with van der Waals surface area (Å²) in [5.74, 6) is 0.335. The fourth-order valence-electron chi connectivity index (χ4n) is 3.38. The maximum atomic E-state index is 13.5. The zero-order valence-corrected chi connectivity index (χ0v) is 12.9. The molecule has 0 saturated heterocycles. The second kappa shape index (κ2) is 6.91. The first-order chi connectivity index (χ1) is 9.54. The fraction of sp³-hybridized carbons (Fsp3) is 0.647. The van der Waals surface area contributed by atoms with Crippen LogP contribution in [0.15, 0.2) is 18.2 Å². The molecule has 1 saturated carbocycles. The Balaban J connectivity index is 2.05. The largest absolute Gasteiger partial charge is 0.390 e. The molecule has 1 aromatic carbocycles. The normalized spacial score (nSPS) is 27.3. The van der Waals surface area contributed by atoms with Crippen LogP contribution in [0.1, 0.15) is 57.4 Å². The van der Waals surface area contributed by atoms with Crippen LogP contribution < -0.4 is 0 Å². The first-order valence-corrected chi connectivity index (χ1v) is 8.07. The van der Waals surface area contributed by atoms with Crippen molar-refractivity contribution < 1.29 is 9.50 Å². The van der Waals surface area contributed by atoms with Crippen LogP contribution in [0.2, 0.25) is 5.02 Å². The van der Waals surface area contributed by atoms with Crippen molar-refractivity contribution in [2.24, 2.45) is 5.92 Å². The summed E-state index contributed by atoms with van der Waals surface area (Å²) in [6.07, 6.45) is 7.82. The average Bonchev–Trinajstić information content (AvgIpc) is 2.59. The van der Waals surface area contributed by atoms with Crippen LogP contribution in [-0.4, -0.2) is 10.7 Å². The van der Waals surface area contributed by atoms with Gasteiger partial charge in [-0.25, -0.2) is 4.39 Å². The molecule has 2 unspecified atom stereocenters. The van der Waals surface area contributed by atoms with Crippen molar-refractivity contribution in [3.05, 3.63) is 34.6 Å². The van der Waals surface area contributed by atoms with E-state index in [9.17, 15) is 9.50 Å². The molecule has 0 aromatic heterocycles. The lowest BCUT2D eigenvalue weighted by atomic mass is 9.86. The Morgan fingerprint density at radius 1 is 1.35 bits per heavy atom. The van der Waals surface area contributed by atoms with Crippen LogP contribution in [0.5, 0.6) is 0 Å². The number of hydrogen-bond donors (Lipinski definition) is 1. The molecule has 0 radical (unpaired) electrons. The van der Waals surface area contributed by atoms with Crippen molar-refractivity contribution in [2.75, 3.05) is 0 Å². The Labute approximate surface area is 126 Å². The summed E-state index contributed by atoms with van der Waals surface area (Å²) in [4.78, 5) is 0. The van der Waals surface area contributed by atoms with Crippen LogP contribution in [0.4, 0.5) is 4.39 Å². The molecule has 3 heteroatoms. The highest BCUT2D eigenvalue weighted by Gasteiger charge is 2.31. The quantitative estimate of drug-likeness (QED) is 0.764. The maximum absolute atomic E-state index is 13.5. The zero-order valence-electron chi connectivity index (χ0n) is 12.2. The number of hydrogen-bond acceptors (Lipinski definition) is 1. The molecule has 1 aliphatic rings. The molecule has 1 nitrogen and oxygen atoms in total. The third-order valence-corrected chi connectivity index (χ3v) is 4.94. The minimum Gasteiger partial charge on any atom is -0.390 e. The van der Waals surface area contributed by atoms with Crippen molar-refractivity contribution in [1.29, 1.82) is 0 Å². The van der Waals surface area contributed by atoms with E-state index in [2.05, 4.69) is 6.92 Å². The predicted octanol–water partition coefficient (Wildman–Crippen LogP) is 5.13. The number of rotatable bonds is 4. The molecule has 1 fully saturated rings. The van der Waals surface area contributed by atoms with E-state index in [1.165, 1.54) is 25.3 Å². The van der Waals surface area contributed by atoms with Crippen molar-refractivity contribution in [1.82, 2.24) is 0 Å². The van der Waals surface area contributed by atoms with Crippen LogP contribution in [0.25, 0.3) is 0 Å². The molecule has 2 atom stereocenters. The van der Waals surface area contributed by atoms with Crippen LogP contribution >= 0.6 is 11.6 Å². The molecule has 0 heterocycles. The van der Waals surface area contributed by atoms with E-state index in [-0.39, 0.29) is 5.02 Å². The molecule has 1 aromatic rings. The molecule has 112 valence electrons. The molecular weight excluding hydrogens is 275 g/mol. The van der Waals surface area contributed by atoms with Crippen molar-refractivity contribution in [2.45, 2.75) is 63.9 Å². The van der Waals surface area contributed by atoms with Gasteiger partial charge in [0.15, 0.2) is 0 Å². The monoisotopic (exact) mass is 298 g/mol. The van der Waals surface area contributed by atoms with E-state index in [4.69, 9.17) is 11.6 Å². The van der Waals surface area contributed by atoms with Gasteiger partial charge in [0, 0.05) is 6.42 Å². The summed E-state index contributed by atoms with van der Waals surface area (Å²) in [5, 5.41) is 11.0. The van der Waals surface area contributed by atoms with Crippen LogP contribution in [0.3, 0.4) is 0 Å². The lowest BCUT2D eigenvalue weighted by molar-refractivity contribution is 0.0241. The Kier molecular flexibility index (Phi) is 5.45. The van der Waals surface area contributed by atoms with Crippen molar-refractivity contribution in [3.8, 4) is 0 Å². The lowest BCUT2D eigenvalue weighted by Crippen LogP contribution is -2.31. The van der Waals surface area contributed by atoms with Gasteiger partial charge in [0.25, 0.3) is 0 Å². The van der Waals surface area contributed by atoms with Gasteiger partial charge in [-0.1, -0.05) is 56.3 Å². The second-order valence-electron chi connectivity index (χ2n) is 6.20. The van der Waals surface area contributed by atoms with Crippen molar-refractivity contribution in [3.63, 3.8) is 0 Å². The molecule has 2 rings (SSSR count). The molecule has 0 amide bonds. The third-order valence-electron chi connectivity index (χ3n) is 4.52. The van der Waals surface area contributed by atoms with E-state index in [0.717, 1.165) is 37.2 Å². The standard InChI is InChI=1S/C17H24ClFO/c1-2-5-13-6-4-10-17(20,11-9-13)12-14-7-3-8-15(19)16(14)18/h3,7-8,13,20H,2,4-6,9-12H2,1H3. The summed E-state index contributed by atoms with van der Waals surface area (Å²) < 4.78 is 13.5. The van der Waals surface area contributed by atoms with Gasteiger partial charge in [0.1, 0.15) is 5.82 Å². The van der Waals surface area contributed by atoms with Gasteiger partial charge in [-0.3, -0.25) is 0 Å². The predicted molar refractivity (Wildman–Crippen MR) is 81.5 cm³/mol. The molecule has 0 spiro atoms. The topological polar surface area (TPSA) is 20.2 Å². The van der Waals surface area contributed by atoms with Crippen LogP contribution in [0, 0.1) is 11.7 Å². The fourth-order valence-corrected chi connectivity index (χ4v) is 3.57. The Morgan fingerprint density at radius 2 is 2.15 bits per heavy atom. The number of aliphatic hydroxyl groups is 1. The van der Waals surface area contributed by atoms with Crippen LogP contribution in [-0.2, 0) is 6.42 Å². The SMILES string of the molecule is CCCC1CCCC(O)(Cc2cccc(F)c2Cl)CC1. The molecule has 0 aliphatic heterocycles. The van der Waals surface area contributed by atoms with Gasteiger partial charge in [-0.15, -0.1) is 0 Å². The molecule has 0 bridgehead atoms. The van der Waals surface area contributed by atoms with Gasteiger partial charge in [-0.05, 0) is 36.8 Å². The average molecular weight is 299 g/mol. The van der Waals surface area contributed by atoms with Gasteiger partial charge in [0.2, 0.25) is 0 Å². The van der Waals surface area contributed by atoms with Gasteiger partial charge in [-0.2, -0.15) is 0 Å². The van der Waals surface area contributed by atoms with E-state index in [1.807, 2.05) is 6.07 Å². The van der Waals surface area contributed by atoms with E-state index in [1.54, 1.807) is 6.07 Å². The van der Waals surface area contributed by atoms with E-state index in [0.29, 0.717) is 6.42 Å². The summed E-state index contributed by atoms with van der Waals surface area (Å²) in [6, 6.07) is 4.84. The number of halogens is 2. The summed E-state index contributed by atoms with van der Waals surface area (Å²) in [6.45, 7) is 2.21. The molecule has 1 N–H and O–H groups in total. The highest BCUT2D eigenvalue weighted by Crippen LogP contribution is 2.36. The first kappa shape index (κ1) is 15.8. The summed E-state index contributed by atoms with van der Waals surface area (Å²) in [7, 11) is 0. The molecular formula is C17H24ClFO. The maximum Gasteiger partial charge on any atom is 0.142 e. The smallest absolute Gasteiger partial charge is 0.142 e. The highest BCUT2D eigenvalue weighted by molar-refractivity contribution is 6.31. The minimum atomic E-state index is -0.722. The summed E-state index contributed by atoms with van der Waals surface area (Å²) >= 11 is 6.01. The second-order valence-corrected chi connectivity index (χ2v) is 6.58. The van der Waals surface area contributed by atoms with Gasteiger partial charge < -0.3 is 5.11 Å². The van der Waals surface area contributed by atoms with Gasteiger partial charge in [0.05, 0.1) is 10.6 Å². The Bertz CT molecular complexity index is 449. The van der Waals surface area contributed by atoms with Gasteiger partial charge >= 0.3 is 0 Å². The lowest BCUT2D eigenvalue weighted by Gasteiger charge is -2.27. The molecule has 20 heavy (non-hydrogen) atoms. The summed E-state index contributed by atoms with van der Waals surface area (Å²) in [5.41, 5.74) is 0.00280. The van der Waals surface area contributed by atoms with E-state index < -0.39 is 11.4 Å². The highest BCUT2D eigenvalue weighted by atomic mass is 35.5. The zero-order chi connectivity index (χ0) is 14.6. The Morgan fingerprint density at radius 3 is 2.90 bits per heavy atom. The number of benzene rings is 1. The Hall–Kier alpha value is -0.600. The van der Waals surface area contributed by atoms with E-state index >= 15 is 0 Å². The minimum absolute atomic E-state index is 0.162. The van der Waals surface area contributed by atoms with Crippen molar-refractivity contribution >= 4 is 11.6 Å².